The number of benzene rings is 1. The summed E-state index contributed by atoms with van der Waals surface area (Å²) in [6.45, 7) is 3.95. The summed E-state index contributed by atoms with van der Waals surface area (Å²) in [4.78, 5) is 44.8. The Labute approximate surface area is 194 Å². The number of hydrogen-bond acceptors (Lipinski definition) is 7. The third-order valence-corrected chi connectivity index (χ3v) is 7.88. The van der Waals surface area contributed by atoms with Gasteiger partial charge in [0.2, 0.25) is 5.91 Å². The van der Waals surface area contributed by atoms with Gasteiger partial charge in [-0.25, -0.2) is 4.98 Å². The zero-order chi connectivity index (χ0) is 22.8. The second-order valence-corrected chi connectivity index (χ2v) is 10.0. The van der Waals surface area contributed by atoms with E-state index in [2.05, 4.69) is 5.32 Å². The van der Waals surface area contributed by atoms with E-state index in [-0.39, 0.29) is 17.4 Å². The quantitative estimate of drug-likeness (QED) is 0.427. The number of hydrogen-bond donors (Lipinski definition) is 1. The van der Waals surface area contributed by atoms with Crippen LogP contribution in [0.2, 0.25) is 0 Å². The van der Waals surface area contributed by atoms with Crippen molar-refractivity contribution in [2.24, 2.45) is 0 Å². The Balaban J connectivity index is 1.54. The first kappa shape index (κ1) is 22.5. The fourth-order valence-corrected chi connectivity index (χ4v) is 5.92. The van der Waals surface area contributed by atoms with Gasteiger partial charge in [0.15, 0.2) is 5.16 Å². The van der Waals surface area contributed by atoms with Crippen molar-refractivity contribution in [1.82, 2.24) is 14.9 Å². The van der Waals surface area contributed by atoms with E-state index in [9.17, 15) is 14.4 Å². The van der Waals surface area contributed by atoms with E-state index in [1.807, 2.05) is 13.8 Å². The molecule has 0 spiro atoms. The highest BCUT2D eigenvalue weighted by Gasteiger charge is 2.25. The molecule has 1 N–H and O–H groups in total. The summed E-state index contributed by atoms with van der Waals surface area (Å²) in [6, 6.07) is 6.63. The number of methoxy groups -OCH3 is 1. The number of aromatic nitrogens is 2. The molecule has 0 saturated heterocycles. The van der Waals surface area contributed by atoms with Crippen molar-refractivity contribution >= 4 is 45.1 Å². The third-order valence-electron chi connectivity index (χ3n) is 5.83. The van der Waals surface area contributed by atoms with E-state index in [4.69, 9.17) is 9.72 Å². The third kappa shape index (κ3) is 4.45. The van der Waals surface area contributed by atoms with Crippen LogP contribution in [0.15, 0.2) is 34.2 Å². The molecule has 0 aliphatic heterocycles. The number of imide groups is 1. The SMILES string of the molecule is COc1ccc(C(=O)NC(=O)CSc2nc3sc(C)c(C)c3c(=O)n2C2CCCC2)cc1. The lowest BCUT2D eigenvalue weighted by atomic mass is 10.2. The molecular formula is C23H25N3O4S2. The highest BCUT2D eigenvalue weighted by atomic mass is 32.2. The maximum atomic E-state index is 13.4. The summed E-state index contributed by atoms with van der Waals surface area (Å²) in [6.07, 6.45) is 4.03. The Kier molecular flexibility index (Phi) is 6.66. The Morgan fingerprint density at radius 1 is 1.22 bits per heavy atom. The molecule has 2 aromatic heterocycles. The molecule has 1 aromatic carbocycles. The van der Waals surface area contributed by atoms with Gasteiger partial charge in [-0.05, 0) is 56.5 Å². The number of ether oxygens (including phenoxy) is 1. The highest BCUT2D eigenvalue weighted by Crippen LogP contribution is 2.34. The van der Waals surface area contributed by atoms with Crippen LogP contribution in [0.5, 0.6) is 5.75 Å². The van der Waals surface area contributed by atoms with Gasteiger partial charge in [0.05, 0.1) is 18.2 Å². The van der Waals surface area contributed by atoms with E-state index in [1.54, 1.807) is 35.9 Å². The van der Waals surface area contributed by atoms with Gasteiger partial charge in [0.1, 0.15) is 10.6 Å². The first-order chi connectivity index (χ1) is 15.4. The first-order valence-corrected chi connectivity index (χ1v) is 12.3. The van der Waals surface area contributed by atoms with Gasteiger partial charge in [-0.3, -0.25) is 24.3 Å². The Morgan fingerprint density at radius 2 is 1.91 bits per heavy atom. The second-order valence-electron chi connectivity index (χ2n) is 7.87. The van der Waals surface area contributed by atoms with Crippen LogP contribution in [0.1, 0.15) is 52.5 Å². The van der Waals surface area contributed by atoms with Gasteiger partial charge in [0, 0.05) is 16.5 Å². The van der Waals surface area contributed by atoms with Crippen LogP contribution in [0.4, 0.5) is 0 Å². The summed E-state index contributed by atoms with van der Waals surface area (Å²) in [5.41, 5.74) is 1.32. The molecule has 32 heavy (non-hydrogen) atoms. The number of amides is 2. The fraction of sp³-hybridized carbons (Fsp3) is 0.391. The molecule has 1 aliphatic carbocycles. The van der Waals surface area contributed by atoms with Crippen LogP contribution in [-0.2, 0) is 4.79 Å². The number of thioether (sulfide) groups is 1. The molecule has 1 aliphatic rings. The number of carbonyl (C=O) groups is 2. The van der Waals surface area contributed by atoms with E-state index >= 15 is 0 Å². The van der Waals surface area contributed by atoms with Crippen molar-refractivity contribution in [3.63, 3.8) is 0 Å². The monoisotopic (exact) mass is 471 g/mol. The highest BCUT2D eigenvalue weighted by molar-refractivity contribution is 7.99. The molecule has 4 rings (SSSR count). The Bertz CT molecular complexity index is 1220. The van der Waals surface area contributed by atoms with E-state index in [1.165, 1.54) is 23.1 Å². The average Bonchev–Trinajstić information content (AvgIpc) is 3.40. The lowest BCUT2D eigenvalue weighted by Gasteiger charge is -2.18. The average molecular weight is 472 g/mol. The lowest BCUT2D eigenvalue weighted by molar-refractivity contribution is -0.117. The summed E-state index contributed by atoms with van der Waals surface area (Å²) < 4.78 is 6.86. The van der Waals surface area contributed by atoms with Gasteiger partial charge in [0.25, 0.3) is 11.5 Å². The predicted molar refractivity (Wildman–Crippen MR) is 127 cm³/mol. The van der Waals surface area contributed by atoms with Crippen LogP contribution in [0, 0.1) is 13.8 Å². The van der Waals surface area contributed by atoms with E-state index in [0.717, 1.165) is 36.1 Å². The number of rotatable bonds is 6. The molecule has 7 nitrogen and oxygen atoms in total. The maximum Gasteiger partial charge on any atom is 0.263 e. The first-order valence-electron chi connectivity index (χ1n) is 10.5. The predicted octanol–water partition coefficient (Wildman–Crippen LogP) is 4.25. The number of nitrogens with one attached hydrogen (secondary N) is 1. The second kappa shape index (κ2) is 9.46. The molecule has 0 radical (unpaired) electrons. The van der Waals surface area contributed by atoms with Gasteiger partial charge in [-0.1, -0.05) is 24.6 Å². The van der Waals surface area contributed by atoms with Crippen molar-refractivity contribution in [2.75, 3.05) is 12.9 Å². The summed E-state index contributed by atoms with van der Waals surface area (Å²) >= 11 is 2.70. The smallest absolute Gasteiger partial charge is 0.263 e. The van der Waals surface area contributed by atoms with Gasteiger partial charge >= 0.3 is 0 Å². The van der Waals surface area contributed by atoms with Gasteiger partial charge in [-0.15, -0.1) is 11.3 Å². The van der Waals surface area contributed by atoms with Crippen molar-refractivity contribution in [3.8, 4) is 5.75 Å². The summed E-state index contributed by atoms with van der Waals surface area (Å²) in [7, 11) is 1.55. The van der Waals surface area contributed by atoms with Crippen LogP contribution in [0.3, 0.4) is 0 Å². The van der Waals surface area contributed by atoms with Crippen LogP contribution in [-0.4, -0.2) is 34.2 Å². The molecule has 0 bridgehead atoms. The number of nitrogens with zero attached hydrogens (tertiary/aromatic N) is 2. The largest absolute Gasteiger partial charge is 0.497 e. The number of thiophene rings is 1. The van der Waals surface area contributed by atoms with Crippen LogP contribution >= 0.6 is 23.1 Å². The number of fused-ring (bicyclic) bond motifs is 1. The molecule has 0 atom stereocenters. The Morgan fingerprint density at radius 3 is 2.56 bits per heavy atom. The van der Waals surface area contributed by atoms with Gasteiger partial charge < -0.3 is 4.74 Å². The van der Waals surface area contributed by atoms with E-state index in [0.29, 0.717) is 26.7 Å². The Hall–Kier alpha value is -2.65. The molecule has 3 aromatic rings. The zero-order valence-corrected chi connectivity index (χ0v) is 19.9. The molecule has 0 unspecified atom stereocenters. The zero-order valence-electron chi connectivity index (χ0n) is 18.3. The van der Waals surface area contributed by atoms with Crippen LogP contribution in [0.25, 0.3) is 10.2 Å². The van der Waals surface area contributed by atoms with Crippen molar-refractivity contribution in [2.45, 2.75) is 50.7 Å². The molecule has 2 heterocycles. The fourth-order valence-electron chi connectivity index (χ4n) is 3.98. The normalized spacial score (nSPS) is 14.1. The van der Waals surface area contributed by atoms with Gasteiger partial charge in [-0.2, -0.15) is 0 Å². The topological polar surface area (TPSA) is 90.3 Å². The van der Waals surface area contributed by atoms with Crippen molar-refractivity contribution in [1.29, 1.82) is 0 Å². The van der Waals surface area contributed by atoms with E-state index < -0.39 is 11.8 Å². The standard InChI is InChI=1S/C23H25N3O4S2/c1-13-14(2)32-21-19(13)22(29)26(16-6-4-5-7-16)23(25-21)31-12-18(27)24-20(28)15-8-10-17(30-3)11-9-15/h8-11,16H,4-7,12H2,1-3H3,(H,24,27,28). The van der Waals surface area contributed by atoms with Crippen molar-refractivity contribution in [3.05, 3.63) is 50.6 Å². The molecular weight excluding hydrogens is 446 g/mol. The minimum atomic E-state index is -0.473. The summed E-state index contributed by atoms with van der Waals surface area (Å²) in [5, 5.41) is 3.63. The molecule has 1 fully saturated rings. The maximum absolute atomic E-state index is 13.4. The summed E-state index contributed by atoms with van der Waals surface area (Å²) in [5.74, 6) is -0.273. The minimum Gasteiger partial charge on any atom is -0.497 e. The number of carbonyl (C=O) groups excluding carboxylic acids is 2. The molecule has 9 heteroatoms. The van der Waals surface area contributed by atoms with Crippen molar-refractivity contribution < 1.29 is 14.3 Å². The molecule has 2 amide bonds. The number of aryl methyl sites for hydroxylation is 2. The minimum absolute atomic E-state index is 0.00407. The molecule has 1 saturated carbocycles. The lowest BCUT2D eigenvalue weighted by Crippen LogP contribution is -2.32. The molecule has 168 valence electrons. The van der Waals surface area contributed by atoms with Crippen LogP contribution < -0.4 is 15.6 Å².